The van der Waals surface area contributed by atoms with Crippen molar-refractivity contribution in [2.45, 2.75) is 26.3 Å². The topological polar surface area (TPSA) is 37.3 Å². The summed E-state index contributed by atoms with van der Waals surface area (Å²) in [6.07, 6.45) is 0. The van der Waals surface area contributed by atoms with Crippen LogP contribution < -0.4 is 0 Å². The Morgan fingerprint density at radius 3 is 2.00 bits per heavy atom. The highest BCUT2D eigenvalue weighted by molar-refractivity contribution is 6.13. The van der Waals surface area contributed by atoms with Gasteiger partial charge in [-0.3, -0.25) is 4.79 Å². The second-order valence-electron chi connectivity index (χ2n) is 3.18. The van der Waals surface area contributed by atoms with Gasteiger partial charge in [-0.2, -0.15) is 0 Å². The number of hydrogen-bond acceptors (Lipinski definition) is 1. The molecule has 0 aromatic heterocycles. The zero-order valence-electron chi connectivity index (χ0n) is 6.43. The van der Waals surface area contributed by atoms with Crippen LogP contribution in [0.25, 0.3) is 0 Å². The largest absolute Gasteiger partial charge is 0.481 e. The molecule has 0 radical (unpaired) electrons. The van der Waals surface area contributed by atoms with Crippen LogP contribution in [0, 0.1) is 5.41 Å². The summed E-state index contributed by atoms with van der Waals surface area (Å²) in [5.74, 6) is -0.690. The minimum absolute atomic E-state index is 0.329. The Balaban J connectivity index is 4.19. The van der Waals surface area contributed by atoms with Crippen LogP contribution in [0.3, 0.4) is 0 Å². The Hall–Kier alpha value is -0.313. The summed E-state index contributed by atoms with van der Waals surface area (Å²) < 4.78 is 0. The van der Waals surface area contributed by atoms with E-state index in [1.807, 2.05) is 6.92 Å². The SMILES string of the molecule is CC([SiH3])C(C)(C)C(=O)O. The van der Waals surface area contributed by atoms with Crippen molar-refractivity contribution in [3.63, 3.8) is 0 Å². The standard InChI is InChI=1S/C6H14O2Si/c1-4(9)6(2,3)5(7)8/h4H,1-3,9H3,(H,7,8). The zero-order chi connectivity index (χ0) is 7.65. The first-order valence-corrected chi connectivity index (χ1v) is 4.28. The van der Waals surface area contributed by atoms with Crippen molar-refractivity contribution >= 4 is 16.2 Å². The van der Waals surface area contributed by atoms with Gasteiger partial charge >= 0.3 is 5.97 Å². The lowest BCUT2D eigenvalue weighted by Gasteiger charge is -2.23. The van der Waals surface area contributed by atoms with Crippen LogP contribution >= 0.6 is 0 Å². The molecule has 0 aliphatic carbocycles. The van der Waals surface area contributed by atoms with Crippen molar-refractivity contribution < 1.29 is 9.90 Å². The van der Waals surface area contributed by atoms with Crippen LogP contribution in [0.1, 0.15) is 20.8 Å². The average molecular weight is 146 g/mol. The molecule has 0 amide bonds. The van der Waals surface area contributed by atoms with Crippen LogP contribution in [-0.4, -0.2) is 21.3 Å². The quantitative estimate of drug-likeness (QED) is 0.568. The van der Waals surface area contributed by atoms with E-state index in [1.54, 1.807) is 13.8 Å². The summed E-state index contributed by atoms with van der Waals surface area (Å²) in [6, 6.07) is 0. The average Bonchev–Trinajstić information content (AvgIpc) is 1.65. The Kier molecular flexibility index (Phi) is 2.43. The molecule has 2 nitrogen and oxygen atoms in total. The molecule has 0 aromatic rings. The molecule has 0 rings (SSSR count). The molecule has 0 bridgehead atoms. The van der Waals surface area contributed by atoms with Crippen LogP contribution in [0.4, 0.5) is 0 Å². The Morgan fingerprint density at radius 1 is 1.67 bits per heavy atom. The molecule has 3 heteroatoms. The van der Waals surface area contributed by atoms with Gasteiger partial charge in [-0.1, -0.05) is 6.92 Å². The second-order valence-corrected chi connectivity index (χ2v) is 4.91. The van der Waals surface area contributed by atoms with E-state index in [1.165, 1.54) is 0 Å². The molecule has 0 saturated carbocycles. The van der Waals surface area contributed by atoms with E-state index in [-0.39, 0.29) is 0 Å². The second kappa shape index (κ2) is 2.52. The molecule has 0 fully saturated rings. The summed E-state index contributed by atoms with van der Waals surface area (Å²) in [5.41, 5.74) is -0.193. The highest BCUT2D eigenvalue weighted by Crippen LogP contribution is 2.28. The van der Waals surface area contributed by atoms with E-state index < -0.39 is 11.4 Å². The number of aliphatic carboxylic acids is 1. The summed E-state index contributed by atoms with van der Waals surface area (Å²) in [7, 11) is 0.944. The van der Waals surface area contributed by atoms with Crippen molar-refractivity contribution in [3.05, 3.63) is 0 Å². The maximum Gasteiger partial charge on any atom is 0.309 e. The fourth-order valence-electron chi connectivity index (χ4n) is 0.247. The maximum atomic E-state index is 10.5. The van der Waals surface area contributed by atoms with E-state index in [0.717, 1.165) is 10.2 Å². The van der Waals surface area contributed by atoms with E-state index >= 15 is 0 Å². The van der Waals surface area contributed by atoms with Gasteiger partial charge < -0.3 is 5.11 Å². The number of carbonyl (C=O) groups is 1. The summed E-state index contributed by atoms with van der Waals surface area (Å²) in [6.45, 7) is 5.51. The van der Waals surface area contributed by atoms with E-state index in [4.69, 9.17) is 5.11 Å². The summed E-state index contributed by atoms with van der Waals surface area (Å²) in [5, 5.41) is 8.63. The van der Waals surface area contributed by atoms with Gasteiger partial charge in [0, 0.05) is 10.2 Å². The molecule has 0 aromatic carbocycles. The third kappa shape index (κ3) is 1.82. The molecule has 0 spiro atoms. The lowest BCUT2D eigenvalue weighted by molar-refractivity contribution is -0.146. The monoisotopic (exact) mass is 146 g/mol. The molecule has 54 valence electrons. The van der Waals surface area contributed by atoms with Crippen LogP contribution in [-0.2, 0) is 4.79 Å². The van der Waals surface area contributed by atoms with Crippen LogP contribution in [0.5, 0.6) is 0 Å². The van der Waals surface area contributed by atoms with Crippen molar-refractivity contribution in [1.29, 1.82) is 0 Å². The molecular weight excluding hydrogens is 132 g/mol. The molecular formula is C6H14O2Si. The fraction of sp³-hybridized carbons (Fsp3) is 0.833. The molecule has 0 aliphatic heterocycles. The molecule has 1 atom stereocenters. The first kappa shape index (κ1) is 8.69. The van der Waals surface area contributed by atoms with Crippen molar-refractivity contribution in [1.82, 2.24) is 0 Å². The molecule has 0 saturated heterocycles. The molecule has 0 aliphatic rings. The number of hydrogen-bond donors (Lipinski definition) is 1. The van der Waals surface area contributed by atoms with Crippen molar-refractivity contribution in [2.75, 3.05) is 0 Å². The van der Waals surface area contributed by atoms with E-state index in [0.29, 0.717) is 5.54 Å². The van der Waals surface area contributed by atoms with Crippen LogP contribution in [0.2, 0.25) is 5.54 Å². The summed E-state index contributed by atoms with van der Waals surface area (Å²) >= 11 is 0. The zero-order valence-corrected chi connectivity index (χ0v) is 8.43. The first-order valence-electron chi connectivity index (χ1n) is 3.12. The molecule has 1 N–H and O–H groups in total. The van der Waals surface area contributed by atoms with Crippen molar-refractivity contribution in [3.8, 4) is 0 Å². The number of rotatable bonds is 2. The van der Waals surface area contributed by atoms with Gasteiger partial charge in [0.2, 0.25) is 0 Å². The third-order valence-electron chi connectivity index (χ3n) is 1.99. The predicted molar refractivity (Wildman–Crippen MR) is 40.8 cm³/mol. The van der Waals surface area contributed by atoms with Gasteiger partial charge in [0.15, 0.2) is 0 Å². The van der Waals surface area contributed by atoms with Gasteiger partial charge in [-0.05, 0) is 19.4 Å². The summed E-state index contributed by atoms with van der Waals surface area (Å²) in [4.78, 5) is 10.5. The minimum Gasteiger partial charge on any atom is -0.481 e. The first-order chi connectivity index (χ1) is 3.89. The number of carboxylic acid groups (broad SMARTS) is 1. The predicted octanol–water partition coefficient (Wildman–Crippen LogP) is 0.271. The Morgan fingerprint density at radius 2 is 2.00 bits per heavy atom. The van der Waals surface area contributed by atoms with Gasteiger partial charge in [0.05, 0.1) is 5.41 Å². The van der Waals surface area contributed by atoms with Crippen molar-refractivity contribution in [2.24, 2.45) is 5.41 Å². The third-order valence-corrected chi connectivity index (χ3v) is 3.44. The minimum atomic E-state index is -0.690. The van der Waals surface area contributed by atoms with Gasteiger partial charge in [-0.25, -0.2) is 0 Å². The van der Waals surface area contributed by atoms with E-state index in [2.05, 4.69) is 0 Å². The van der Waals surface area contributed by atoms with Gasteiger partial charge in [0.25, 0.3) is 0 Å². The van der Waals surface area contributed by atoms with E-state index in [9.17, 15) is 4.79 Å². The fourth-order valence-corrected chi connectivity index (χ4v) is 0.494. The molecule has 9 heavy (non-hydrogen) atoms. The van der Waals surface area contributed by atoms with Gasteiger partial charge in [0.1, 0.15) is 0 Å². The lowest BCUT2D eigenvalue weighted by atomic mass is 9.90. The van der Waals surface area contributed by atoms with Gasteiger partial charge in [-0.15, -0.1) is 0 Å². The smallest absolute Gasteiger partial charge is 0.309 e. The highest BCUT2D eigenvalue weighted by Gasteiger charge is 2.30. The Labute approximate surface area is 58.7 Å². The molecule has 1 unspecified atom stereocenters. The lowest BCUT2D eigenvalue weighted by Crippen LogP contribution is -2.27. The maximum absolute atomic E-state index is 10.5. The highest BCUT2D eigenvalue weighted by atomic mass is 28.1. The Bertz CT molecular complexity index is 118. The normalized spacial score (nSPS) is 15.4. The van der Waals surface area contributed by atoms with Crippen LogP contribution in [0.15, 0.2) is 0 Å². The number of carboxylic acids is 1. The molecule has 0 heterocycles.